The zero-order valence-electron chi connectivity index (χ0n) is 11.4. The molecule has 0 bridgehead atoms. The molecule has 0 saturated carbocycles. The Labute approximate surface area is 127 Å². The third kappa shape index (κ3) is 2.44. The van der Waals surface area contributed by atoms with Crippen LogP contribution in [0.25, 0.3) is 0 Å². The number of para-hydroxylation sites is 1. The molecule has 1 aromatic carbocycles. The Kier molecular flexibility index (Phi) is 3.50. The minimum absolute atomic E-state index is 0.0119. The smallest absolute Gasteiger partial charge is 0.184 e. The van der Waals surface area contributed by atoms with Crippen molar-refractivity contribution >= 4 is 32.2 Å². The van der Waals surface area contributed by atoms with Crippen LogP contribution in [0.4, 0.5) is 10.8 Å². The van der Waals surface area contributed by atoms with Gasteiger partial charge in [-0.15, -0.1) is 0 Å². The molecule has 6 nitrogen and oxygen atoms in total. The number of anilines is 2. The highest BCUT2D eigenvalue weighted by atomic mass is 32.2. The zero-order chi connectivity index (χ0) is 15.0. The fourth-order valence-electron chi connectivity index (χ4n) is 2.27. The molecule has 2 aromatic rings. The summed E-state index contributed by atoms with van der Waals surface area (Å²) in [6.45, 7) is 2.03. The first-order valence-corrected chi connectivity index (χ1v) is 8.91. The van der Waals surface area contributed by atoms with Gasteiger partial charge in [-0.2, -0.15) is 4.37 Å². The van der Waals surface area contributed by atoms with Gasteiger partial charge in [-0.25, -0.2) is 8.42 Å². The van der Waals surface area contributed by atoms with Crippen LogP contribution in [-0.4, -0.2) is 25.2 Å². The standard InChI is InChI=1S/C13H15N3O3S2/c1-2-21(17,18)11-12(14)16-20-13(11)15-9-7-19-10-6-4-3-5-8(9)10/h3-6,9,15H,2,7H2,1H3,(H2,14,16). The molecule has 1 aliphatic rings. The number of nitrogens with two attached hydrogens (primary N) is 1. The van der Waals surface area contributed by atoms with Crippen molar-refractivity contribution < 1.29 is 13.2 Å². The molecule has 1 atom stereocenters. The van der Waals surface area contributed by atoms with Crippen molar-refractivity contribution in [1.82, 2.24) is 4.37 Å². The Hall–Kier alpha value is -1.80. The molecule has 0 aliphatic carbocycles. The van der Waals surface area contributed by atoms with Gasteiger partial charge in [0, 0.05) is 5.56 Å². The third-order valence-corrected chi connectivity index (χ3v) is 6.09. The van der Waals surface area contributed by atoms with Crippen LogP contribution in [0, 0.1) is 0 Å². The number of fused-ring (bicyclic) bond motifs is 1. The van der Waals surface area contributed by atoms with Gasteiger partial charge in [-0.1, -0.05) is 25.1 Å². The second-order valence-corrected chi connectivity index (χ2v) is 7.66. The second-order valence-electron chi connectivity index (χ2n) is 4.68. The average Bonchev–Trinajstić information content (AvgIpc) is 3.04. The van der Waals surface area contributed by atoms with Gasteiger partial charge in [0.05, 0.1) is 11.8 Å². The van der Waals surface area contributed by atoms with E-state index in [0.717, 1.165) is 22.8 Å². The number of hydrogen-bond acceptors (Lipinski definition) is 7. The van der Waals surface area contributed by atoms with Crippen LogP contribution in [0.15, 0.2) is 29.2 Å². The first-order chi connectivity index (χ1) is 10.0. The maximum atomic E-state index is 12.1. The molecule has 0 saturated heterocycles. The van der Waals surface area contributed by atoms with Crippen molar-refractivity contribution in [2.24, 2.45) is 0 Å². The Morgan fingerprint density at radius 1 is 1.48 bits per heavy atom. The van der Waals surface area contributed by atoms with E-state index in [1.165, 1.54) is 0 Å². The molecule has 0 radical (unpaired) electrons. The molecular formula is C13H15N3O3S2. The normalized spacial score (nSPS) is 17.3. The first kappa shape index (κ1) is 14.2. The molecule has 1 aliphatic heterocycles. The van der Waals surface area contributed by atoms with E-state index >= 15 is 0 Å². The number of aromatic nitrogens is 1. The molecule has 3 rings (SSSR count). The molecule has 2 heterocycles. The molecule has 21 heavy (non-hydrogen) atoms. The molecule has 1 unspecified atom stereocenters. The minimum atomic E-state index is -3.42. The van der Waals surface area contributed by atoms with Gasteiger partial charge < -0.3 is 15.8 Å². The van der Waals surface area contributed by atoms with E-state index in [1.807, 2.05) is 24.3 Å². The summed E-state index contributed by atoms with van der Waals surface area (Å²) in [5.74, 6) is 0.853. The largest absolute Gasteiger partial charge is 0.491 e. The summed E-state index contributed by atoms with van der Waals surface area (Å²) < 4.78 is 33.8. The highest BCUT2D eigenvalue weighted by molar-refractivity contribution is 7.91. The number of sulfone groups is 1. The van der Waals surface area contributed by atoms with Crippen LogP contribution in [0.5, 0.6) is 5.75 Å². The van der Waals surface area contributed by atoms with Gasteiger partial charge in [0.15, 0.2) is 15.7 Å². The van der Waals surface area contributed by atoms with Crippen LogP contribution in [0.1, 0.15) is 18.5 Å². The lowest BCUT2D eigenvalue weighted by Gasteiger charge is -2.12. The van der Waals surface area contributed by atoms with Crippen molar-refractivity contribution in [1.29, 1.82) is 0 Å². The van der Waals surface area contributed by atoms with Crippen molar-refractivity contribution in [3.63, 3.8) is 0 Å². The van der Waals surface area contributed by atoms with E-state index in [9.17, 15) is 8.42 Å². The average molecular weight is 325 g/mol. The summed E-state index contributed by atoms with van der Waals surface area (Å²) in [6.07, 6.45) is 0. The summed E-state index contributed by atoms with van der Waals surface area (Å²) in [5.41, 5.74) is 6.72. The molecular weight excluding hydrogens is 310 g/mol. The van der Waals surface area contributed by atoms with Crippen LogP contribution in [0.2, 0.25) is 0 Å². The molecule has 8 heteroatoms. The lowest BCUT2D eigenvalue weighted by molar-refractivity contribution is 0.340. The van der Waals surface area contributed by atoms with Crippen molar-refractivity contribution in [3.8, 4) is 5.75 Å². The molecule has 0 fully saturated rings. The van der Waals surface area contributed by atoms with Gasteiger partial charge >= 0.3 is 0 Å². The van der Waals surface area contributed by atoms with Crippen molar-refractivity contribution in [2.45, 2.75) is 17.9 Å². The molecule has 0 spiro atoms. The number of nitrogens with zero attached hydrogens (tertiary/aromatic N) is 1. The number of benzene rings is 1. The fraction of sp³-hybridized carbons (Fsp3) is 0.308. The number of nitrogens with one attached hydrogen (secondary N) is 1. The van der Waals surface area contributed by atoms with Gasteiger partial charge in [-0.3, -0.25) is 0 Å². The van der Waals surface area contributed by atoms with E-state index in [4.69, 9.17) is 10.5 Å². The molecule has 1 aromatic heterocycles. The highest BCUT2D eigenvalue weighted by Crippen LogP contribution is 2.38. The Morgan fingerprint density at radius 2 is 2.24 bits per heavy atom. The summed E-state index contributed by atoms with van der Waals surface area (Å²) in [5, 5.41) is 3.67. The monoisotopic (exact) mass is 325 g/mol. The zero-order valence-corrected chi connectivity index (χ0v) is 13.0. The number of hydrogen-bond donors (Lipinski definition) is 2. The van der Waals surface area contributed by atoms with E-state index in [2.05, 4.69) is 9.69 Å². The third-order valence-electron chi connectivity index (χ3n) is 3.37. The van der Waals surface area contributed by atoms with E-state index in [1.54, 1.807) is 6.92 Å². The van der Waals surface area contributed by atoms with E-state index in [0.29, 0.717) is 11.6 Å². The predicted octanol–water partition coefficient (Wildman–Crippen LogP) is 2.06. The van der Waals surface area contributed by atoms with Crippen molar-refractivity contribution in [2.75, 3.05) is 23.4 Å². The van der Waals surface area contributed by atoms with Gasteiger partial charge in [0.25, 0.3) is 0 Å². The van der Waals surface area contributed by atoms with Crippen LogP contribution in [0.3, 0.4) is 0 Å². The maximum absolute atomic E-state index is 12.1. The summed E-state index contributed by atoms with van der Waals surface area (Å²) >= 11 is 1.06. The Bertz CT molecular complexity index is 771. The number of rotatable bonds is 4. The number of nitrogen functional groups attached to an aromatic ring is 1. The predicted molar refractivity (Wildman–Crippen MR) is 82.6 cm³/mol. The summed E-state index contributed by atoms with van der Waals surface area (Å²) in [6, 6.07) is 7.57. The quantitative estimate of drug-likeness (QED) is 0.893. The van der Waals surface area contributed by atoms with Gasteiger partial charge in [0.2, 0.25) is 0 Å². The molecule has 112 valence electrons. The maximum Gasteiger partial charge on any atom is 0.184 e. The fourth-order valence-corrected chi connectivity index (χ4v) is 4.48. The summed E-state index contributed by atoms with van der Waals surface area (Å²) in [4.78, 5) is 0.0966. The van der Waals surface area contributed by atoms with Crippen LogP contribution >= 0.6 is 11.5 Å². The van der Waals surface area contributed by atoms with E-state index < -0.39 is 9.84 Å². The molecule has 0 amide bonds. The van der Waals surface area contributed by atoms with Crippen LogP contribution in [-0.2, 0) is 9.84 Å². The van der Waals surface area contributed by atoms with E-state index in [-0.39, 0.29) is 22.5 Å². The van der Waals surface area contributed by atoms with Crippen molar-refractivity contribution in [3.05, 3.63) is 29.8 Å². The number of ether oxygens (including phenoxy) is 1. The first-order valence-electron chi connectivity index (χ1n) is 6.49. The van der Waals surface area contributed by atoms with Gasteiger partial charge in [-0.05, 0) is 17.6 Å². The van der Waals surface area contributed by atoms with Crippen LogP contribution < -0.4 is 15.8 Å². The van der Waals surface area contributed by atoms with Gasteiger partial charge in [0.1, 0.15) is 22.3 Å². The minimum Gasteiger partial charge on any atom is -0.491 e. The SMILES string of the molecule is CCS(=O)(=O)c1c(N)nsc1NC1COc2ccccc21. The second kappa shape index (κ2) is 5.19. The Morgan fingerprint density at radius 3 is 3.00 bits per heavy atom. The molecule has 3 N–H and O–H groups in total. The highest BCUT2D eigenvalue weighted by Gasteiger charge is 2.29. The Balaban J connectivity index is 1.95. The lowest BCUT2D eigenvalue weighted by atomic mass is 10.1. The topological polar surface area (TPSA) is 94.3 Å². The lowest BCUT2D eigenvalue weighted by Crippen LogP contribution is -2.14. The summed E-state index contributed by atoms with van der Waals surface area (Å²) in [7, 11) is -3.42.